The van der Waals surface area contributed by atoms with Gasteiger partial charge in [-0.3, -0.25) is 9.59 Å². The zero-order valence-electron chi connectivity index (χ0n) is 13.9. The number of hydrogen-bond acceptors (Lipinski definition) is 3. The van der Waals surface area contributed by atoms with Crippen molar-refractivity contribution in [3.05, 3.63) is 29.3 Å². The van der Waals surface area contributed by atoms with Crippen molar-refractivity contribution in [2.45, 2.75) is 32.6 Å². The fraction of sp³-hybridized carbons (Fsp3) is 0.529. The lowest BCUT2D eigenvalue weighted by Gasteiger charge is -2.16. The molecule has 0 atom stereocenters. The molecule has 0 unspecified atom stereocenters. The Hall–Kier alpha value is -1.59. The van der Waals surface area contributed by atoms with Crippen molar-refractivity contribution in [1.82, 2.24) is 10.2 Å². The molecule has 0 aromatic heterocycles. The number of aryl methyl sites for hydroxylation is 1. The summed E-state index contributed by atoms with van der Waals surface area (Å²) in [6.07, 6.45) is 3.48. The average Bonchev–Trinajstić information content (AvgIpc) is 3.03. The van der Waals surface area contributed by atoms with Crippen LogP contribution in [0.5, 0.6) is 0 Å². The lowest BCUT2D eigenvalue weighted by Crippen LogP contribution is -2.27. The largest absolute Gasteiger partial charge is 0.339 e. The maximum Gasteiger partial charge on any atom is 0.253 e. The third-order valence-corrected chi connectivity index (χ3v) is 3.97. The highest BCUT2D eigenvalue weighted by atomic mass is 35.5. The van der Waals surface area contributed by atoms with Gasteiger partial charge < -0.3 is 15.5 Å². The standard InChI is InChI=1S/C17H25N3O2.ClH/c1-13-12-14(17(22)20-10-3-4-11-20)7-8-15(13)19-16(21)6-5-9-18-2;/h7-8,12,18H,3-6,9-11H2,1-2H3,(H,19,21);1H. The van der Waals surface area contributed by atoms with Crippen LogP contribution in [0.25, 0.3) is 0 Å². The molecule has 0 aliphatic carbocycles. The molecular formula is C17H26ClN3O2. The minimum atomic E-state index is 0. The number of halogens is 1. The first-order chi connectivity index (χ1) is 10.6. The van der Waals surface area contributed by atoms with Gasteiger partial charge in [0.25, 0.3) is 5.91 Å². The van der Waals surface area contributed by atoms with Crippen LogP contribution in [0.1, 0.15) is 41.6 Å². The molecule has 1 saturated heterocycles. The molecule has 1 aliphatic rings. The number of likely N-dealkylation sites (tertiary alicyclic amines) is 1. The molecule has 2 rings (SSSR count). The van der Waals surface area contributed by atoms with Crippen molar-refractivity contribution in [1.29, 1.82) is 0 Å². The molecule has 0 radical (unpaired) electrons. The SMILES string of the molecule is CNCCCC(=O)Nc1ccc(C(=O)N2CCCC2)cc1C.Cl. The van der Waals surface area contributed by atoms with Crippen LogP contribution >= 0.6 is 12.4 Å². The highest BCUT2D eigenvalue weighted by molar-refractivity contribution is 5.96. The van der Waals surface area contributed by atoms with Crippen LogP contribution in [0.15, 0.2) is 18.2 Å². The van der Waals surface area contributed by atoms with E-state index in [1.54, 1.807) is 6.07 Å². The van der Waals surface area contributed by atoms with E-state index < -0.39 is 0 Å². The Bertz CT molecular complexity index is 543. The Labute approximate surface area is 144 Å². The van der Waals surface area contributed by atoms with Crippen molar-refractivity contribution >= 4 is 29.9 Å². The lowest BCUT2D eigenvalue weighted by atomic mass is 10.1. The summed E-state index contributed by atoms with van der Waals surface area (Å²) < 4.78 is 0. The van der Waals surface area contributed by atoms with Crippen molar-refractivity contribution in [2.24, 2.45) is 0 Å². The van der Waals surface area contributed by atoms with Gasteiger partial charge in [-0.2, -0.15) is 0 Å². The first-order valence-corrected chi connectivity index (χ1v) is 7.96. The number of carbonyl (C=O) groups excluding carboxylic acids is 2. The van der Waals surface area contributed by atoms with E-state index in [0.29, 0.717) is 12.0 Å². The number of rotatable bonds is 6. The normalized spacial score (nSPS) is 13.6. The molecule has 6 heteroatoms. The fourth-order valence-electron chi connectivity index (χ4n) is 2.68. The predicted octanol–water partition coefficient (Wildman–Crippen LogP) is 2.59. The zero-order valence-corrected chi connectivity index (χ0v) is 14.7. The molecule has 1 aliphatic heterocycles. The molecule has 2 N–H and O–H groups in total. The Morgan fingerprint density at radius 2 is 1.91 bits per heavy atom. The van der Waals surface area contributed by atoms with Gasteiger partial charge in [-0.25, -0.2) is 0 Å². The molecule has 23 heavy (non-hydrogen) atoms. The van der Waals surface area contributed by atoms with Crippen LogP contribution in [-0.4, -0.2) is 43.4 Å². The number of benzene rings is 1. The van der Waals surface area contributed by atoms with Gasteiger partial charge in [0.15, 0.2) is 0 Å². The summed E-state index contributed by atoms with van der Waals surface area (Å²) in [6, 6.07) is 5.50. The predicted molar refractivity (Wildman–Crippen MR) is 95.4 cm³/mol. The van der Waals surface area contributed by atoms with E-state index in [4.69, 9.17) is 0 Å². The third-order valence-electron chi connectivity index (χ3n) is 3.97. The molecular weight excluding hydrogens is 314 g/mol. The number of carbonyl (C=O) groups is 2. The van der Waals surface area contributed by atoms with E-state index in [-0.39, 0.29) is 24.2 Å². The van der Waals surface area contributed by atoms with E-state index >= 15 is 0 Å². The Balaban J connectivity index is 0.00000264. The van der Waals surface area contributed by atoms with Gasteiger partial charge in [0.1, 0.15) is 0 Å². The summed E-state index contributed by atoms with van der Waals surface area (Å²) in [7, 11) is 1.87. The molecule has 0 bridgehead atoms. The second-order valence-electron chi connectivity index (χ2n) is 5.78. The molecule has 128 valence electrons. The van der Waals surface area contributed by atoms with Gasteiger partial charge in [-0.15, -0.1) is 12.4 Å². The highest BCUT2D eigenvalue weighted by Gasteiger charge is 2.19. The topological polar surface area (TPSA) is 61.4 Å². The zero-order chi connectivity index (χ0) is 15.9. The second-order valence-corrected chi connectivity index (χ2v) is 5.78. The minimum absolute atomic E-state index is 0. The first-order valence-electron chi connectivity index (χ1n) is 7.96. The molecule has 1 heterocycles. The summed E-state index contributed by atoms with van der Waals surface area (Å²) in [5.74, 6) is 0.101. The van der Waals surface area contributed by atoms with Crippen LogP contribution in [0.2, 0.25) is 0 Å². The number of hydrogen-bond donors (Lipinski definition) is 2. The van der Waals surface area contributed by atoms with E-state index in [0.717, 1.165) is 50.1 Å². The molecule has 5 nitrogen and oxygen atoms in total. The van der Waals surface area contributed by atoms with Gasteiger partial charge in [0.2, 0.25) is 5.91 Å². The highest BCUT2D eigenvalue weighted by Crippen LogP contribution is 2.19. The number of anilines is 1. The number of nitrogens with zero attached hydrogens (tertiary/aromatic N) is 1. The van der Waals surface area contributed by atoms with Crippen LogP contribution in [0.3, 0.4) is 0 Å². The Morgan fingerprint density at radius 1 is 1.22 bits per heavy atom. The lowest BCUT2D eigenvalue weighted by molar-refractivity contribution is -0.116. The first kappa shape index (κ1) is 19.5. The van der Waals surface area contributed by atoms with E-state index in [1.807, 2.05) is 31.0 Å². The van der Waals surface area contributed by atoms with Crippen LogP contribution in [0.4, 0.5) is 5.69 Å². The summed E-state index contributed by atoms with van der Waals surface area (Å²) in [6.45, 7) is 4.45. The second kappa shape index (κ2) is 9.53. The maximum atomic E-state index is 12.3. The van der Waals surface area contributed by atoms with Crippen molar-refractivity contribution < 1.29 is 9.59 Å². The monoisotopic (exact) mass is 339 g/mol. The van der Waals surface area contributed by atoms with Gasteiger partial charge in [0, 0.05) is 30.8 Å². The Morgan fingerprint density at radius 3 is 2.52 bits per heavy atom. The third kappa shape index (κ3) is 5.52. The van der Waals surface area contributed by atoms with Crippen LogP contribution in [-0.2, 0) is 4.79 Å². The van der Waals surface area contributed by atoms with Crippen molar-refractivity contribution in [3.8, 4) is 0 Å². The van der Waals surface area contributed by atoms with Crippen LogP contribution in [0, 0.1) is 6.92 Å². The van der Waals surface area contributed by atoms with Crippen molar-refractivity contribution in [2.75, 3.05) is 32.0 Å². The molecule has 0 saturated carbocycles. The van der Waals surface area contributed by atoms with Crippen molar-refractivity contribution in [3.63, 3.8) is 0 Å². The van der Waals surface area contributed by atoms with Gasteiger partial charge in [-0.1, -0.05) is 0 Å². The molecule has 1 fully saturated rings. The molecule has 1 aromatic rings. The van der Waals surface area contributed by atoms with E-state index in [1.165, 1.54) is 0 Å². The van der Waals surface area contributed by atoms with Gasteiger partial charge in [-0.05, 0) is 63.5 Å². The summed E-state index contributed by atoms with van der Waals surface area (Å²) in [4.78, 5) is 26.1. The quantitative estimate of drug-likeness (QED) is 0.783. The molecule has 2 amide bonds. The Kier molecular flexibility index (Phi) is 8.06. The molecule has 1 aromatic carbocycles. The fourth-order valence-corrected chi connectivity index (χ4v) is 2.68. The smallest absolute Gasteiger partial charge is 0.253 e. The van der Waals surface area contributed by atoms with E-state index in [2.05, 4.69) is 10.6 Å². The summed E-state index contributed by atoms with van der Waals surface area (Å²) in [5.41, 5.74) is 2.41. The van der Waals surface area contributed by atoms with Gasteiger partial charge in [0.05, 0.1) is 0 Å². The average molecular weight is 340 g/mol. The van der Waals surface area contributed by atoms with Crippen LogP contribution < -0.4 is 10.6 Å². The minimum Gasteiger partial charge on any atom is -0.339 e. The maximum absolute atomic E-state index is 12.3. The number of amides is 2. The van der Waals surface area contributed by atoms with Gasteiger partial charge >= 0.3 is 0 Å². The van der Waals surface area contributed by atoms with E-state index in [9.17, 15) is 9.59 Å². The molecule has 0 spiro atoms. The number of nitrogens with one attached hydrogen (secondary N) is 2. The summed E-state index contributed by atoms with van der Waals surface area (Å²) in [5, 5.41) is 5.94. The summed E-state index contributed by atoms with van der Waals surface area (Å²) >= 11 is 0.